The number of aryl methyl sites for hydroxylation is 1. The largest absolute Gasteiger partial charge is 0.455 e. The minimum absolute atomic E-state index is 0.0687. The lowest BCUT2D eigenvalue weighted by Gasteiger charge is -2.15. The normalized spacial score (nSPS) is 18.5. The molecule has 0 fully saturated rings. The molecule has 146 valence electrons. The lowest BCUT2D eigenvalue weighted by Crippen LogP contribution is -2.36. The molecule has 0 bridgehead atoms. The van der Waals surface area contributed by atoms with Gasteiger partial charge in [-0.05, 0) is 55.1 Å². The highest BCUT2D eigenvalue weighted by Crippen LogP contribution is 2.39. The fourth-order valence-electron chi connectivity index (χ4n) is 3.68. The molecule has 0 saturated heterocycles. The van der Waals surface area contributed by atoms with E-state index in [-0.39, 0.29) is 39.1 Å². The summed E-state index contributed by atoms with van der Waals surface area (Å²) in [5.74, 6) is -3.03. The molecule has 3 nitrogen and oxygen atoms in total. The number of furan rings is 1. The molecule has 29 heavy (non-hydrogen) atoms. The topological polar surface area (TPSA) is 40.8 Å². The molecular formula is C25H24FN2O+. The summed E-state index contributed by atoms with van der Waals surface area (Å²) in [7, 11) is 1.53. The fourth-order valence-corrected chi connectivity index (χ4v) is 3.68. The minimum atomic E-state index is -2.95. The first-order valence-corrected chi connectivity index (χ1v) is 9.03. The molecule has 1 unspecified atom stereocenters. The summed E-state index contributed by atoms with van der Waals surface area (Å²) >= 11 is 0. The van der Waals surface area contributed by atoms with E-state index in [2.05, 4.69) is 0 Å². The molecule has 4 aromatic rings. The molecule has 0 radical (unpaired) electrons. The summed E-state index contributed by atoms with van der Waals surface area (Å²) in [4.78, 5) is 0. The molecule has 0 aliphatic rings. The van der Waals surface area contributed by atoms with Crippen molar-refractivity contribution in [2.24, 2.45) is 7.05 Å². The Kier molecular flexibility index (Phi) is 2.71. The first-order valence-electron chi connectivity index (χ1n) is 13.0. The molecule has 4 heteroatoms. The first-order chi connectivity index (χ1) is 16.9. The van der Waals surface area contributed by atoms with Crippen LogP contribution in [-0.2, 0) is 7.05 Å². The van der Waals surface area contributed by atoms with Crippen LogP contribution in [-0.4, -0.2) is 0 Å². The second-order valence-corrected chi connectivity index (χ2v) is 7.17. The van der Waals surface area contributed by atoms with Crippen LogP contribution >= 0.6 is 0 Å². The smallest absolute Gasteiger partial charge is 0.216 e. The quantitative estimate of drug-likeness (QED) is 0.383. The molecule has 0 N–H and O–H groups in total. The van der Waals surface area contributed by atoms with Crippen LogP contribution in [0.5, 0.6) is 0 Å². The van der Waals surface area contributed by atoms with Crippen molar-refractivity contribution in [2.75, 3.05) is 0 Å². The molecule has 2 aromatic carbocycles. The third-order valence-electron chi connectivity index (χ3n) is 5.33. The third-order valence-corrected chi connectivity index (χ3v) is 5.33. The lowest BCUT2D eigenvalue weighted by molar-refractivity contribution is -0.667. The van der Waals surface area contributed by atoms with Gasteiger partial charge < -0.3 is 4.42 Å². The molecule has 0 amide bonds. The van der Waals surface area contributed by atoms with Crippen molar-refractivity contribution >= 4 is 21.9 Å². The van der Waals surface area contributed by atoms with E-state index in [1.807, 2.05) is 6.07 Å². The maximum atomic E-state index is 15.3. The molecule has 2 heterocycles. The van der Waals surface area contributed by atoms with Gasteiger partial charge in [-0.1, -0.05) is 13.8 Å². The van der Waals surface area contributed by atoms with E-state index in [1.54, 1.807) is 13.0 Å². The summed E-state index contributed by atoms with van der Waals surface area (Å²) in [5, 5.41) is 9.79. The van der Waals surface area contributed by atoms with Crippen molar-refractivity contribution in [3.8, 4) is 17.3 Å². The maximum Gasteiger partial charge on any atom is 0.216 e. The van der Waals surface area contributed by atoms with E-state index < -0.39 is 37.0 Å². The van der Waals surface area contributed by atoms with Crippen molar-refractivity contribution < 1.29 is 24.3 Å². The zero-order chi connectivity index (χ0) is 27.8. The lowest BCUT2D eigenvalue weighted by atomic mass is 9.93. The van der Waals surface area contributed by atoms with Crippen molar-refractivity contribution in [3.63, 3.8) is 0 Å². The second-order valence-electron chi connectivity index (χ2n) is 7.17. The number of nitriles is 1. The number of halogens is 1. The first kappa shape index (κ1) is 11.7. The number of nitrogens with zero attached hydrogens (tertiary/aromatic N) is 2. The van der Waals surface area contributed by atoms with Crippen molar-refractivity contribution in [1.82, 2.24) is 0 Å². The van der Waals surface area contributed by atoms with Gasteiger partial charge in [0.25, 0.3) is 0 Å². The molecule has 4 rings (SSSR count). The van der Waals surface area contributed by atoms with E-state index in [0.29, 0.717) is 16.5 Å². The Morgan fingerprint density at radius 3 is 2.83 bits per heavy atom. The standard InChI is InChI=1S/C25H24FN2O/c1-13(2)19-11-21(28(6)16(5)15(19)4)23-14(3)9-20(26)24-18-8-7-17(12-27)10-22(18)29-25(23)24/h7-11,13H,1-6H3/q+1/i1D3,4D3,11D,13D. The fraction of sp³-hybridized carbons (Fsp3) is 0.280. The summed E-state index contributed by atoms with van der Waals surface area (Å²) in [6, 6.07) is 7.36. The molecule has 0 spiro atoms. The van der Waals surface area contributed by atoms with Crippen molar-refractivity contribution in [2.45, 2.75) is 40.4 Å². The Bertz CT molecular complexity index is 1640. The maximum absolute atomic E-state index is 15.3. The number of benzene rings is 2. The Balaban J connectivity index is 2.26. The van der Waals surface area contributed by atoms with Gasteiger partial charge in [0, 0.05) is 33.5 Å². The predicted octanol–water partition coefficient (Wildman–Crippen LogP) is 6.14. The van der Waals surface area contributed by atoms with Crippen LogP contribution in [0.1, 0.15) is 58.6 Å². The van der Waals surface area contributed by atoms with Gasteiger partial charge in [0.2, 0.25) is 5.69 Å². The van der Waals surface area contributed by atoms with Crippen molar-refractivity contribution in [3.05, 3.63) is 64.1 Å². The van der Waals surface area contributed by atoms with Crippen LogP contribution in [0.4, 0.5) is 4.39 Å². The zero-order valence-corrected chi connectivity index (χ0v) is 16.5. The van der Waals surface area contributed by atoms with Gasteiger partial charge in [-0.2, -0.15) is 9.83 Å². The van der Waals surface area contributed by atoms with E-state index in [1.165, 1.54) is 36.7 Å². The van der Waals surface area contributed by atoms with Crippen LogP contribution in [0.25, 0.3) is 33.2 Å². The number of aromatic nitrogens is 1. The van der Waals surface area contributed by atoms with E-state index in [9.17, 15) is 5.26 Å². The number of pyridine rings is 1. The highest BCUT2D eigenvalue weighted by molar-refractivity contribution is 6.10. The van der Waals surface area contributed by atoms with Gasteiger partial charge in [-0.15, -0.1) is 0 Å². The van der Waals surface area contributed by atoms with Gasteiger partial charge in [0.05, 0.1) is 24.0 Å². The Morgan fingerprint density at radius 2 is 2.14 bits per heavy atom. The highest BCUT2D eigenvalue weighted by atomic mass is 19.1. The number of hydrogen-bond acceptors (Lipinski definition) is 2. The second kappa shape index (κ2) is 6.70. The zero-order valence-electron chi connectivity index (χ0n) is 24.5. The Labute approximate surface area is 181 Å². The predicted molar refractivity (Wildman–Crippen MR) is 113 cm³/mol. The van der Waals surface area contributed by atoms with Crippen LogP contribution in [0.3, 0.4) is 0 Å². The Morgan fingerprint density at radius 1 is 1.34 bits per heavy atom. The molecular weight excluding hydrogens is 363 g/mol. The minimum Gasteiger partial charge on any atom is -0.455 e. The average Bonchev–Trinajstić information content (AvgIpc) is 3.15. The third kappa shape index (κ3) is 2.81. The van der Waals surface area contributed by atoms with E-state index >= 15 is 4.39 Å². The average molecular weight is 396 g/mol. The van der Waals surface area contributed by atoms with Gasteiger partial charge in [-0.25, -0.2) is 4.39 Å². The molecule has 2 aromatic heterocycles. The van der Waals surface area contributed by atoms with Gasteiger partial charge in [0.1, 0.15) is 18.4 Å². The molecule has 0 aliphatic carbocycles. The molecule has 1 atom stereocenters. The van der Waals surface area contributed by atoms with E-state index in [4.69, 9.17) is 15.4 Å². The monoisotopic (exact) mass is 395 g/mol. The summed E-state index contributed by atoms with van der Waals surface area (Å²) in [6.07, 6.45) is 0. The molecule has 0 aliphatic heterocycles. The number of hydrogen-bond donors (Lipinski definition) is 0. The van der Waals surface area contributed by atoms with Crippen LogP contribution in [0.15, 0.2) is 34.7 Å². The van der Waals surface area contributed by atoms with Gasteiger partial charge in [0.15, 0.2) is 11.3 Å². The van der Waals surface area contributed by atoms with Gasteiger partial charge >= 0.3 is 0 Å². The summed E-state index contributed by atoms with van der Waals surface area (Å²) in [6.45, 7) is -1.60. The summed E-state index contributed by atoms with van der Waals surface area (Å²) < 4.78 is 88.7. The summed E-state index contributed by atoms with van der Waals surface area (Å²) in [5.41, 5.74) is 0.655. The number of rotatable bonds is 2. The highest BCUT2D eigenvalue weighted by Gasteiger charge is 2.26. The van der Waals surface area contributed by atoms with Gasteiger partial charge in [-0.3, -0.25) is 0 Å². The molecule has 0 saturated carbocycles. The van der Waals surface area contributed by atoms with Crippen LogP contribution < -0.4 is 4.57 Å². The van der Waals surface area contributed by atoms with Crippen molar-refractivity contribution in [1.29, 1.82) is 5.26 Å². The van der Waals surface area contributed by atoms with Crippen LogP contribution in [0, 0.1) is 37.8 Å². The van der Waals surface area contributed by atoms with E-state index in [0.717, 1.165) is 6.92 Å². The van der Waals surface area contributed by atoms with Crippen LogP contribution in [0.2, 0.25) is 0 Å². The SMILES string of the molecule is [2H]c1c(C([2H])(C)C([2H])([2H])[2H])c(C([2H])([2H])[2H])c(C)[n+](C)c1-c1c(C)cc(F)c2c1oc1cc(C#N)ccc12. The number of fused-ring (bicyclic) bond motifs is 3. The Hall–Kier alpha value is -3.19.